The van der Waals surface area contributed by atoms with E-state index in [2.05, 4.69) is 11.4 Å². The van der Waals surface area contributed by atoms with E-state index in [-0.39, 0.29) is 0 Å². The maximum atomic E-state index is 5.92. The van der Waals surface area contributed by atoms with Crippen LogP contribution in [0.5, 0.6) is 0 Å². The fourth-order valence-electron chi connectivity index (χ4n) is 2.09. The fraction of sp³-hybridized carbons (Fsp3) is 0.625. The molecule has 19 heavy (non-hydrogen) atoms. The molecule has 0 spiro atoms. The van der Waals surface area contributed by atoms with Gasteiger partial charge in [-0.25, -0.2) is 0 Å². The minimum Gasteiger partial charge on any atom is -0.377 e. The van der Waals surface area contributed by atoms with Crippen LogP contribution >= 0.6 is 11.6 Å². The molecule has 106 valence electrons. The quantitative estimate of drug-likeness (QED) is 0.650. The topological polar surface area (TPSA) is 21.3 Å². The minimum atomic E-state index is 0.670. The van der Waals surface area contributed by atoms with Crippen LogP contribution in [0.25, 0.3) is 0 Å². The molecule has 1 saturated carbocycles. The Labute approximate surface area is 121 Å². The molecular formula is C16H24ClNO. The Morgan fingerprint density at radius 1 is 1.16 bits per heavy atom. The number of benzene rings is 1. The maximum absolute atomic E-state index is 5.92. The van der Waals surface area contributed by atoms with E-state index in [0.717, 1.165) is 29.7 Å². The summed E-state index contributed by atoms with van der Waals surface area (Å²) in [6, 6.07) is 8.72. The summed E-state index contributed by atoms with van der Waals surface area (Å²) in [5.41, 5.74) is 1.15. The van der Waals surface area contributed by atoms with Crippen LogP contribution in [0.1, 0.15) is 44.1 Å². The molecule has 0 aromatic heterocycles. The van der Waals surface area contributed by atoms with Gasteiger partial charge in [-0.1, -0.05) is 36.6 Å². The van der Waals surface area contributed by atoms with E-state index in [4.69, 9.17) is 16.3 Å². The van der Waals surface area contributed by atoms with Crippen LogP contribution in [0.4, 0.5) is 0 Å². The lowest BCUT2D eigenvalue weighted by molar-refractivity contribution is 0.116. The van der Waals surface area contributed by atoms with Crippen LogP contribution in [-0.4, -0.2) is 19.2 Å². The van der Waals surface area contributed by atoms with Gasteiger partial charge in [0.15, 0.2) is 0 Å². The van der Waals surface area contributed by atoms with Gasteiger partial charge in [0.1, 0.15) is 0 Å². The van der Waals surface area contributed by atoms with Crippen molar-refractivity contribution in [1.29, 1.82) is 0 Å². The molecular weight excluding hydrogens is 258 g/mol. The highest BCUT2D eigenvalue weighted by atomic mass is 35.5. The van der Waals surface area contributed by atoms with Gasteiger partial charge in [0, 0.05) is 17.7 Å². The van der Waals surface area contributed by atoms with Crippen LogP contribution in [0, 0.1) is 0 Å². The van der Waals surface area contributed by atoms with Crippen molar-refractivity contribution in [3.05, 3.63) is 34.9 Å². The molecule has 1 aliphatic rings. The summed E-state index contributed by atoms with van der Waals surface area (Å²) in [5.74, 6) is 0. The smallest absolute Gasteiger partial charge is 0.0717 e. The van der Waals surface area contributed by atoms with Gasteiger partial charge in [-0.2, -0.15) is 0 Å². The van der Waals surface area contributed by atoms with Crippen molar-refractivity contribution in [2.24, 2.45) is 0 Å². The second kappa shape index (κ2) is 8.57. The molecule has 0 unspecified atom stereocenters. The predicted octanol–water partition coefficient (Wildman–Crippen LogP) is 4.17. The molecule has 1 N–H and O–H groups in total. The molecule has 1 fully saturated rings. The number of ether oxygens (including phenoxy) is 1. The summed E-state index contributed by atoms with van der Waals surface area (Å²) in [5, 5.41) is 4.32. The van der Waals surface area contributed by atoms with Crippen molar-refractivity contribution in [3.8, 4) is 0 Å². The van der Waals surface area contributed by atoms with Crippen LogP contribution < -0.4 is 5.32 Å². The highest BCUT2D eigenvalue weighted by Gasteiger charge is 2.19. The van der Waals surface area contributed by atoms with Gasteiger partial charge in [-0.3, -0.25) is 0 Å². The van der Waals surface area contributed by atoms with Gasteiger partial charge < -0.3 is 10.1 Å². The van der Waals surface area contributed by atoms with E-state index in [1.54, 1.807) is 0 Å². The average Bonchev–Trinajstić information content (AvgIpc) is 3.21. The SMILES string of the molecule is Clc1cccc(COCCCCCCNC2CC2)c1. The van der Waals surface area contributed by atoms with Crippen molar-refractivity contribution < 1.29 is 4.74 Å². The van der Waals surface area contributed by atoms with Gasteiger partial charge >= 0.3 is 0 Å². The van der Waals surface area contributed by atoms with Crippen LogP contribution in [0.3, 0.4) is 0 Å². The zero-order chi connectivity index (χ0) is 13.3. The lowest BCUT2D eigenvalue weighted by atomic mass is 10.2. The highest BCUT2D eigenvalue weighted by molar-refractivity contribution is 6.30. The Kier molecular flexibility index (Phi) is 6.69. The molecule has 0 amide bonds. The van der Waals surface area contributed by atoms with E-state index in [1.165, 1.54) is 38.6 Å². The van der Waals surface area contributed by atoms with Gasteiger partial charge in [0.25, 0.3) is 0 Å². The molecule has 0 atom stereocenters. The first-order valence-electron chi connectivity index (χ1n) is 7.40. The van der Waals surface area contributed by atoms with Gasteiger partial charge in [-0.15, -0.1) is 0 Å². The van der Waals surface area contributed by atoms with E-state index in [0.29, 0.717) is 6.61 Å². The average molecular weight is 282 g/mol. The Morgan fingerprint density at radius 3 is 2.79 bits per heavy atom. The van der Waals surface area contributed by atoms with Crippen molar-refractivity contribution in [2.75, 3.05) is 13.2 Å². The maximum Gasteiger partial charge on any atom is 0.0717 e. The van der Waals surface area contributed by atoms with Crippen LogP contribution in [0.15, 0.2) is 24.3 Å². The molecule has 0 aliphatic heterocycles. The molecule has 2 rings (SSSR count). The van der Waals surface area contributed by atoms with Crippen LogP contribution in [-0.2, 0) is 11.3 Å². The molecule has 0 heterocycles. The number of hydrogen-bond donors (Lipinski definition) is 1. The van der Waals surface area contributed by atoms with Crippen LogP contribution in [0.2, 0.25) is 5.02 Å². The Morgan fingerprint density at radius 2 is 2.00 bits per heavy atom. The molecule has 1 aromatic carbocycles. The standard InChI is InChI=1S/C16H24ClNO/c17-15-7-5-6-14(12-15)13-19-11-4-2-1-3-10-18-16-8-9-16/h5-7,12,16,18H,1-4,8-11,13H2. The van der Waals surface area contributed by atoms with E-state index < -0.39 is 0 Å². The summed E-state index contributed by atoms with van der Waals surface area (Å²) >= 11 is 5.92. The minimum absolute atomic E-state index is 0.670. The normalized spacial score (nSPS) is 14.8. The third kappa shape index (κ3) is 6.95. The molecule has 2 nitrogen and oxygen atoms in total. The van der Waals surface area contributed by atoms with Crippen molar-refractivity contribution in [2.45, 2.75) is 51.2 Å². The largest absolute Gasteiger partial charge is 0.377 e. The number of unbranched alkanes of at least 4 members (excludes halogenated alkanes) is 3. The van der Waals surface area contributed by atoms with E-state index in [1.807, 2.05) is 18.2 Å². The van der Waals surface area contributed by atoms with Crippen molar-refractivity contribution in [1.82, 2.24) is 5.32 Å². The second-order valence-electron chi connectivity index (χ2n) is 5.33. The third-order valence-electron chi connectivity index (χ3n) is 3.38. The first-order valence-corrected chi connectivity index (χ1v) is 7.78. The molecule has 3 heteroatoms. The summed E-state index contributed by atoms with van der Waals surface area (Å²) in [7, 11) is 0. The number of nitrogens with one attached hydrogen (secondary N) is 1. The summed E-state index contributed by atoms with van der Waals surface area (Å²) in [6.45, 7) is 2.71. The Bertz CT molecular complexity index is 366. The first-order chi connectivity index (χ1) is 9.34. The third-order valence-corrected chi connectivity index (χ3v) is 3.62. The lowest BCUT2D eigenvalue weighted by Crippen LogP contribution is -2.17. The lowest BCUT2D eigenvalue weighted by Gasteiger charge is -2.05. The summed E-state index contributed by atoms with van der Waals surface area (Å²) < 4.78 is 5.66. The molecule has 0 saturated heterocycles. The summed E-state index contributed by atoms with van der Waals surface area (Å²) in [4.78, 5) is 0. The molecule has 1 aromatic rings. The Balaban J connectivity index is 1.39. The fourth-order valence-corrected chi connectivity index (χ4v) is 2.31. The zero-order valence-electron chi connectivity index (χ0n) is 11.5. The molecule has 0 radical (unpaired) electrons. The molecule has 1 aliphatic carbocycles. The number of halogens is 1. The predicted molar refractivity (Wildman–Crippen MR) is 80.6 cm³/mol. The van der Waals surface area contributed by atoms with Gasteiger partial charge in [0.05, 0.1) is 6.61 Å². The zero-order valence-corrected chi connectivity index (χ0v) is 12.3. The molecule has 0 bridgehead atoms. The monoisotopic (exact) mass is 281 g/mol. The van der Waals surface area contributed by atoms with E-state index >= 15 is 0 Å². The summed E-state index contributed by atoms with van der Waals surface area (Å²) in [6.07, 6.45) is 7.80. The first kappa shape index (κ1) is 14.8. The number of hydrogen-bond acceptors (Lipinski definition) is 2. The highest BCUT2D eigenvalue weighted by Crippen LogP contribution is 2.18. The number of rotatable bonds is 10. The van der Waals surface area contributed by atoms with Crippen molar-refractivity contribution >= 4 is 11.6 Å². The van der Waals surface area contributed by atoms with Gasteiger partial charge in [-0.05, 0) is 49.9 Å². The second-order valence-corrected chi connectivity index (χ2v) is 5.76. The Hall–Kier alpha value is -0.570. The van der Waals surface area contributed by atoms with Crippen molar-refractivity contribution in [3.63, 3.8) is 0 Å². The van der Waals surface area contributed by atoms with Gasteiger partial charge in [0.2, 0.25) is 0 Å². The van der Waals surface area contributed by atoms with E-state index in [9.17, 15) is 0 Å².